The number of rotatable bonds is 6. The summed E-state index contributed by atoms with van der Waals surface area (Å²) < 4.78 is 53.8. The summed E-state index contributed by atoms with van der Waals surface area (Å²) in [6.07, 6.45) is 0. The Bertz CT molecular complexity index is 767. The zero-order chi connectivity index (χ0) is 17.0. The molecule has 122 valence electrons. The van der Waals surface area contributed by atoms with E-state index >= 15 is 0 Å². The maximum Gasteiger partial charge on any atom is 0.259 e. The average Bonchev–Trinajstić information content (AvgIpc) is 2.46. The van der Waals surface area contributed by atoms with Crippen molar-refractivity contribution >= 4 is 22.7 Å². The third kappa shape index (κ3) is 4.57. The van der Waals surface area contributed by atoms with E-state index in [2.05, 4.69) is 4.72 Å². The van der Waals surface area contributed by atoms with Crippen LogP contribution >= 0.6 is 0 Å². The van der Waals surface area contributed by atoms with Gasteiger partial charge in [0.1, 0.15) is 12.4 Å². The van der Waals surface area contributed by atoms with Crippen LogP contribution in [0.25, 0.3) is 0 Å². The van der Waals surface area contributed by atoms with E-state index in [1.807, 2.05) is 0 Å². The zero-order valence-electron chi connectivity index (χ0n) is 12.0. The molecule has 1 unspecified atom stereocenters. The number of hydrogen-bond acceptors (Lipinski definition) is 3. The molecule has 2 aromatic rings. The predicted molar refractivity (Wildman–Crippen MR) is 81.5 cm³/mol. The van der Waals surface area contributed by atoms with Crippen LogP contribution in [0.15, 0.2) is 36.4 Å². The largest absolute Gasteiger partial charge is 0.486 e. The van der Waals surface area contributed by atoms with Gasteiger partial charge in [-0.05, 0) is 25.1 Å². The van der Waals surface area contributed by atoms with E-state index in [1.165, 1.54) is 25.1 Å². The van der Waals surface area contributed by atoms with Gasteiger partial charge in [-0.2, -0.15) is 0 Å². The van der Waals surface area contributed by atoms with E-state index in [9.17, 15) is 17.8 Å². The van der Waals surface area contributed by atoms with Crippen LogP contribution in [0.1, 0.15) is 22.8 Å². The first-order valence-electron chi connectivity index (χ1n) is 6.46. The van der Waals surface area contributed by atoms with Crippen molar-refractivity contribution in [3.8, 4) is 5.75 Å². The first-order valence-corrected chi connectivity index (χ1v) is 7.56. The zero-order valence-corrected chi connectivity index (χ0v) is 12.8. The Balaban J connectivity index is 2.24. The molecule has 2 N–H and O–H groups in total. The van der Waals surface area contributed by atoms with Crippen LogP contribution in [0.4, 0.5) is 14.5 Å². The van der Waals surface area contributed by atoms with Gasteiger partial charge >= 0.3 is 0 Å². The normalized spacial score (nSPS) is 11.8. The van der Waals surface area contributed by atoms with Crippen LogP contribution in [-0.2, 0) is 17.9 Å². The Kier molecular flexibility index (Phi) is 5.41. The van der Waals surface area contributed by atoms with Gasteiger partial charge in [0, 0.05) is 17.2 Å². The van der Waals surface area contributed by atoms with E-state index in [1.54, 1.807) is 0 Å². The Morgan fingerprint density at radius 1 is 1.26 bits per heavy atom. The smallest absolute Gasteiger partial charge is 0.259 e. The molecule has 0 fully saturated rings. The minimum absolute atomic E-state index is 0.139. The number of halogens is 2. The number of hydrogen-bond donors (Lipinski definition) is 2. The molecule has 0 aliphatic rings. The monoisotopic (exact) mass is 341 g/mol. The molecule has 0 amide bonds. The summed E-state index contributed by atoms with van der Waals surface area (Å²) in [6, 6.07) is 7.33. The van der Waals surface area contributed by atoms with Gasteiger partial charge in [0.15, 0.2) is 17.3 Å². The predicted octanol–water partition coefficient (Wildman–Crippen LogP) is 3.30. The Labute approximate surface area is 133 Å². The summed E-state index contributed by atoms with van der Waals surface area (Å²) in [5.74, 6) is -1.95. The molecule has 8 heteroatoms. The fourth-order valence-electron chi connectivity index (χ4n) is 1.86. The third-order valence-corrected chi connectivity index (χ3v) is 3.39. The van der Waals surface area contributed by atoms with E-state index in [-0.39, 0.29) is 23.8 Å². The number of carbonyl (C=O) groups excluding carboxylic acids is 1. The molecule has 0 aliphatic heterocycles. The molecule has 2 rings (SSSR count). The first-order chi connectivity index (χ1) is 10.9. The maximum atomic E-state index is 13.5. The summed E-state index contributed by atoms with van der Waals surface area (Å²) in [5, 5.41) is 0. The van der Waals surface area contributed by atoms with Gasteiger partial charge in [-0.1, -0.05) is 12.1 Å². The number of anilines is 1. The van der Waals surface area contributed by atoms with E-state index < -0.39 is 22.9 Å². The van der Waals surface area contributed by atoms with Gasteiger partial charge in [-0.25, -0.2) is 13.0 Å². The second kappa shape index (κ2) is 7.30. The minimum Gasteiger partial charge on any atom is -0.486 e. The van der Waals surface area contributed by atoms with Gasteiger partial charge in [0.25, 0.3) is 11.3 Å². The lowest BCUT2D eigenvalue weighted by Gasteiger charge is -2.12. The van der Waals surface area contributed by atoms with Crippen LogP contribution in [0.3, 0.4) is 0 Å². The van der Waals surface area contributed by atoms with Crippen LogP contribution in [-0.4, -0.2) is 14.5 Å². The number of ketones is 1. The fourth-order valence-corrected chi connectivity index (χ4v) is 2.24. The molecular weight excluding hydrogens is 328 g/mol. The lowest BCUT2D eigenvalue weighted by atomic mass is 10.1. The van der Waals surface area contributed by atoms with Gasteiger partial charge in [0.2, 0.25) is 0 Å². The second-order valence-corrected chi connectivity index (χ2v) is 5.35. The molecule has 1 atom stereocenters. The quantitative estimate of drug-likeness (QED) is 0.624. The number of ether oxygens (including phenoxy) is 1. The highest BCUT2D eigenvalue weighted by molar-refractivity contribution is 7.80. The molecular formula is C15H13F2NO4S. The van der Waals surface area contributed by atoms with Crippen molar-refractivity contribution in [3.63, 3.8) is 0 Å². The van der Waals surface area contributed by atoms with Crippen LogP contribution < -0.4 is 9.46 Å². The highest BCUT2D eigenvalue weighted by Crippen LogP contribution is 2.23. The molecule has 0 saturated carbocycles. The maximum absolute atomic E-state index is 13.5. The van der Waals surface area contributed by atoms with E-state index in [0.717, 1.165) is 12.1 Å². The SMILES string of the molecule is CC(=O)c1ccc(COc2ccc(F)cc2F)c(NS(=O)O)c1. The molecule has 2 aromatic carbocycles. The van der Waals surface area contributed by atoms with E-state index in [4.69, 9.17) is 9.29 Å². The molecule has 0 spiro atoms. The fraction of sp³-hybridized carbons (Fsp3) is 0.133. The molecule has 23 heavy (non-hydrogen) atoms. The van der Waals surface area contributed by atoms with Crippen LogP contribution in [0.5, 0.6) is 5.75 Å². The highest BCUT2D eigenvalue weighted by atomic mass is 32.2. The number of Topliss-reactive ketones (excluding diaryl/α,β-unsaturated/α-hetero) is 1. The van der Waals surface area contributed by atoms with Gasteiger partial charge in [-0.3, -0.25) is 14.1 Å². The summed E-state index contributed by atoms with van der Waals surface area (Å²) in [5.41, 5.74) is 0.983. The van der Waals surface area contributed by atoms with Crippen LogP contribution in [0, 0.1) is 11.6 Å². The third-order valence-electron chi connectivity index (χ3n) is 2.99. The minimum atomic E-state index is -2.34. The molecule has 0 aliphatic carbocycles. The summed E-state index contributed by atoms with van der Waals surface area (Å²) in [6.45, 7) is 1.22. The van der Waals surface area contributed by atoms with Crippen LogP contribution in [0.2, 0.25) is 0 Å². The van der Waals surface area contributed by atoms with Crippen molar-refractivity contribution in [1.82, 2.24) is 0 Å². The van der Waals surface area contributed by atoms with Gasteiger partial charge in [-0.15, -0.1) is 0 Å². The Morgan fingerprint density at radius 3 is 2.61 bits per heavy atom. The van der Waals surface area contributed by atoms with Crippen molar-refractivity contribution in [3.05, 3.63) is 59.2 Å². The molecule has 0 heterocycles. The Morgan fingerprint density at radius 2 is 2.00 bits per heavy atom. The summed E-state index contributed by atoms with van der Waals surface area (Å²) >= 11 is -2.34. The molecule has 0 saturated heterocycles. The highest BCUT2D eigenvalue weighted by Gasteiger charge is 2.11. The molecule has 0 radical (unpaired) electrons. The Hall–Kier alpha value is -2.32. The van der Waals surface area contributed by atoms with Gasteiger partial charge in [0.05, 0.1) is 5.69 Å². The van der Waals surface area contributed by atoms with Crippen molar-refractivity contribution < 1.29 is 27.1 Å². The second-order valence-electron chi connectivity index (χ2n) is 4.64. The van der Waals surface area contributed by atoms with Gasteiger partial charge < -0.3 is 4.74 Å². The number of carbonyl (C=O) groups is 1. The summed E-state index contributed by atoms with van der Waals surface area (Å²) in [7, 11) is 0. The average molecular weight is 341 g/mol. The molecule has 0 aromatic heterocycles. The molecule has 5 nitrogen and oxygen atoms in total. The van der Waals surface area contributed by atoms with Crippen molar-refractivity contribution in [2.75, 3.05) is 4.72 Å². The van der Waals surface area contributed by atoms with Crippen molar-refractivity contribution in [2.24, 2.45) is 0 Å². The number of benzene rings is 2. The first kappa shape index (κ1) is 17.0. The lowest BCUT2D eigenvalue weighted by Crippen LogP contribution is -2.08. The molecule has 0 bridgehead atoms. The summed E-state index contributed by atoms with van der Waals surface area (Å²) in [4.78, 5) is 11.4. The standard InChI is InChI=1S/C15H13F2NO4S/c1-9(19)10-2-3-11(14(6-10)18-23(20)21)8-22-15-5-4-12(16)7-13(15)17/h2-7,18H,8H2,1H3,(H,20,21). The number of nitrogens with one attached hydrogen (secondary N) is 1. The van der Waals surface area contributed by atoms with Crippen molar-refractivity contribution in [1.29, 1.82) is 0 Å². The van der Waals surface area contributed by atoms with Crippen molar-refractivity contribution in [2.45, 2.75) is 13.5 Å². The lowest BCUT2D eigenvalue weighted by molar-refractivity contribution is 0.101. The van der Waals surface area contributed by atoms with E-state index in [0.29, 0.717) is 17.2 Å². The topological polar surface area (TPSA) is 75.6 Å².